The highest BCUT2D eigenvalue weighted by molar-refractivity contribution is 7.92. The number of rotatable bonds is 7. The van der Waals surface area contributed by atoms with Crippen molar-refractivity contribution in [2.75, 3.05) is 0 Å². The Kier molecular flexibility index (Phi) is 6.35. The average molecular weight is 498 g/mol. The lowest BCUT2D eigenvalue weighted by Gasteiger charge is -2.19. The van der Waals surface area contributed by atoms with Crippen molar-refractivity contribution in [3.63, 3.8) is 0 Å². The van der Waals surface area contributed by atoms with Crippen LogP contribution >= 0.6 is 0 Å². The van der Waals surface area contributed by atoms with Crippen molar-refractivity contribution >= 4 is 15.7 Å². The second-order valence-electron chi connectivity index (χ2n) is 9.22. The van der Waals surface area contributed by atoms with E-state index in [1.165, 1.54) is 24.7 Å². The molecular weight excluding hydrogens is 472 g/mol. The number of hydrogen-bond acceptors (Lipinski definition) is 5. The Hall–Kier alpha value is -3.20. The minimum Gasteiger partial charge on any atom is -0.350 e. The summed E-state index contributed by atoms with van der Waals surface area (Å²) in [6, 6.07) is 14.4. The monoisotopic (exact) mass is 497 g/mol. The Morgan fingerprint density at radius 1 is 1.00 bits per heavy atom. The summed E-state index contributed by atoms with van der Waals surface area (Å²) in [5.41, 5.74) is 3.53. The normalized spacial score (nSPS) is 22.2. The van der Waals surface area contributed by atoms with Crippen LogP contribution in [0.1, 0.15) is 42.9 Å². The zero-order chi connectivity index (χ0) is 24.6. The van der Waals surface area contributed by atoms with Crippen molar-refractivity contribution in [1.82, 2.24) is 15.3 Å². The zero-order valence-electron chi connectivity index (χ0n) is 18.9. The Balaban J connectivity index is 1.27. The van der Waals surface area contributed by atoms with Gasteiger partial charge >= 0.3 is 0 Å². The van der Waals surface area contributed by atoms with Gasteiger partial charge in [0.05, 0.1) is 34.0 Å². The Morgan fingerprint density at radius 3 is 2.40 bits per heavy atom. The molecule has 2 fully saturated rings. The molecule has 1 aromatic heterocycles. The maximum atomic E-state index is 14.3. The second-order valence-corrected chi connectivity index (χ2v) is 11.4. The molecule has 0 aliphatic heterocycles. The van der Waals surface area contributed by atoms with E-state index in [9.17, 15) is 22.0 Å². The predicted molar refractivity (Wildman–Crippen MR) is 126 cm³/mol. The Bertz CT molecular complexity index is 1330. The SMILES string of the molecule is O=C(NCc1cc(-c2ccc(C3CC3)cc2)ncn1)[C@@H]1C[C@@H](F)CC1S(=O)(=O)c1ccc(F)cc1. The van der Waals surface area contributed by atoms with Gasteiger partial charge in [-0.25, -0.2) is 27.2 Å². The maximum absolute atomic E-state index is 14.3. The number of carbonyl (C=O) groups excluding carboxylic acids is 1. The molecule has 1 heterocycles. The van der Waals surface area contributed by atoms with E-state index in [0.29, 0.717) is 17.3 Å². The lowest BCUT2D eigenvalue weighted by Crippen LogP contribution is -2.38. The third-order valence-corrected chi connectivity index (χ3v) is 8.99. The fourth-order valence-corrected chi connectivity index (χ4v) is 6.66. The van der Waals surface area contributed by atoms with Crippen LogP contribution in [0.3, 0.4) is 0 Å². The van der Waals surface area contributed by atoms with E-state index in [0.717, 1.165) is 29.8 Å². The minimum atomic E-state index is -4.01. The van der Waals surface area contributed by atoms with Crippen LogP contribution in [0.15, 0.2) is 65.8 Å². The van der Waals surface area contributed by atoms with Crippen molar-refractivity contribution in [3.8, 4) is 11.3 Å². The molecule has 2 aliphatic rings. The summed E-state index contributed by atoms with van der Waals surface area (Å²) in [6.07, 6.45) is 2.02. The highest BCUT2D eigenvalue weighted by Crippen LogP contribution is 2.40. The summed E-state index contributed by atoms with van der Waals surface area (Å²) in [7, 11) is -4.01. The van der Waals surface area contributed by atoms with E-state index in [4.69, 9.17) is 0 Å². The molecule has 1 unspecified atom stereocenters. The first-order chi connectivity index (χ1) is 16.8. The van der Waals surface area contributed by atoms with Crippen LogP contribution in [0.4, 0.5) is 8.78 Å². The lowest BCUT2D eigenvalue weighted by molar-refractivity contribution is -0.125. The first-order valence-electron chi connectivity index (χ1n) is 11.6. The van der Waals surface area contributed by atoms with E-state index in [1.54, 1.807) is 6.07 Å². The molecule has 2 aliphatic carbocycles. The summed E-state index contributed by atoms with van der Waals surface area (Å²) < 4.78 is 53.6. The maximum Gasteiger partial charge on any atom is 0.224 e. The summed E-state index contributed by atoms with van der Waals surface area (Å²) in [6.45, 7) is 0.0608. The number of benzene rings is 2. The van der Waals surface area contributed by atoms with Crippen LogP contribution in [0.25, 0.3) is 11.3 Å². The summed E-state index contributed by atoms with van der Waals surface area (Å²) in [4.78, 5) is 21.3. The molecular formula is C26H25F2N3O3S. The molecule has 0 spiro atoms. The minimum absolute atomic E-state index is 0.0608. The molecule has 1 amide bonds. The molecule has 3 aromatic rings. The number of hydrogen-bond donors (Lipinski definition) is 1. The quantitative estimate of drug-likeness (QED) is 0.490. The zero-order valence-corrected chi connectivity index (χ0v) is 19.7. The smallest absolute Gasteiger partial charge is 0.224 e. The third kappa shape index (κ3) is 5.10. The van der Waals surface area contributed by atoms with E-state index in [2.05, 4.69) is 27.4 Å². The van der Waals surface area contributed by atoms with Crippen LogP contribution in [-0.4, -0.2) is 35.7 Å². The number of aromatic nitrogens is 2. The Morgan fingerprint density at radius 2 is 1.71 bits per heavy atom. The predicted octanol–water partition coefficient (Wildman–Crippen LogP) is 4.37. The van der Waals surface area contributed by atoms with Crippen molar-refractivity contribution in [2.24, 2.45) is 5.92 Å². The molecule has 6 nitrogen and oxygen atoms in total. The molecule has 0 saturated heterocycles. The van der Waals surface area contributed by atoms with Crippen molar-refractivity contribution in [2.45, 2.75) is 54.5 Å². The van der Waals surface area contributed by atoms with Gasteiger partial charge in [-0.3, -0.25) is 4.79 Å². The summed E-state index contributed by atoms with van der Waals surface area (Å²) >= 11 is 0. The number of nitrogens with zero attached hydrogens (tertiary/aromatic N) is 2. The number of alkyl halides is 1. The van der Waals surface area contributed by atoms with Gasteiger partial charge in [-0.2, -0.15) is 0 Å². The van der Waals surface area contributed by atoms with Crippen molar-refractivity contribution < 1.29 is 22.0 Å². The van der Waals surface area contributed by atoms with Crippen molar-refractivity contribution in [1.29, 1.82) is 0 Å². The molecule has 0 bridgehead atoms. The van der Waals surface area contributed by atoms with Crippen LogP contribution in [-0.2, 0) is 21.2 Å². The molecule has 0 radical (unpaired) electrons. The largest absolute Gasteiger partial charge is 0.350 e. The van der Waals surface area contributed by atoms with E-state index in [-0.39, 0.29) is 24.3 Å². The molecule has 2 aromatic carbocycles. The highest BCUT2D eigenvalue weighted by atomic mass is 32.2. The number of nitrogens with one attached hydrogen (secondary N) is 1. The highest BCUT2D eigenvalue weighted by Gasteiger charge is 2.46. The second kappa shape index (κ2) is 9.45. The van der Waals surface area contributed by atoms with E-state index >= 15 is 0 Å². The third-order valence-electron chi connectivity index (χ3n) is 6.75. The van der Waals surface area contributed by atoms with Gasteiger partial charge in [0.25, 0.3) is 0 Å². The van der Waals surface area contributed by atoms with Gasteiger partial charge in [0.1, 0.15) is 18.3 Å². The lowest BCUT2D eigenvalue weighted by atomic mass is 10.1. The molecule has 35 heavy (non-hydrogen) atoms. The fourth-order valence-electron chi connectivity index (χ4n) is 4.66. The standard InChI is InChI=1S/C26H25F2N3O3S/c27-19-7-9-22(10-8-19)35(33,34)25-12-20(28)11-23(25)26(32)29-14-21-13-24(31-15-30-21)18-5-3-17(4-6-18)16-1-2-16/h3-10,13,15-16,20,23,25H,1-2,11-12,14H2,(H,29,32)/t20-,23-,25?/m1/s1. The molecule has 182 valence electrons. The van der Waals surface area contributed by atoms with E-state index in [1.807, 2.05) is 12.1 Å². The average Bonchev–Trinajstić information content (AvgIpc) is 3.64. The molecule has 1 N–H and O–H groups in total. The first kappa shape index (κ1) is 23.5. The molecule has 5 rings (SSSR count). The molecule has 9 heteroatoms. The van der Waals surface area contributed by atoms with Crippen LogP contribution in [0, 0.1) is 11.7 Å². The summed E-state index contributed by atoms with van der Waals surface area (Å²) in [5, 5.41) is 1.50. The topological polar surface area (TPSA) is 89.0 Å². The van der Waals surface area contributed by atoms with Crippen LogP contribution < -0.4 is 5.32 Å². The van der Waals surface area contributed by atoms with Crippen LogP contribution in [0.2, 0.25) is 0 Å². The van der Waals surface area contributed by atoms with Gasteiger partial charge in [0, 0.05) is 5.56 Å². The van der Waals surface area contributed by atoms with Gasteiger partial charge in [0.15, 0.2) is 9.84 Å². The van der Waals surface area contributed by atoms with Gasteiger partial charge < -0.3 is 5.32 Å². The number of carbonyl (C=O) groups is 1. The fraction of sp³-hybridized carbons (Fsp3) is 0.346. The Labute approximate surface area is 202 Å². The van der Waals surface area contributed by atoms with Gasteiger partial charge in [0.2, 0.25) is 5.91 Å². The van der Waals surface area contributed by atoms with Crippen LogP contribution in [0.5, 0.6) is 0 Å². The number of sulfone groups is 1. The van der Waals surface area contributed by atoms with Gasteiger partial charge in [-0.1, -0.05) is 24.3 Å². The van der Waals surface area contributed by atoms with Gasteiger partial charge in [-0.05, 0) is 67.5 Å². The van der Waals surface area contributed by atoms with Crippen molar-refractivity contribution in [3.05, 3.63) is 78.0 Å². The number of halogens is 2. The molecule has 3 atom stereocenters. The summed E-state index contributed by atoms with van der Waals surface area (Å²) in [5.74, 6) is -1.50. The first-order valence-corrected chi connectivity index (χ1v) is 13.2. The van der Waals surface area contributed by atoms with E-state index < -0.39 is 38.9 Å². The molecule has 2 saturated carbocycles. The number of amides is 1. The van der Waals surface area contributed by atoms with Gasteiger partial charge in [-0.15, -0.1) is 0 Å².